The summed E-state index contributed by atoms with van der Waals surface area (Å²) in [5, 5.41) is 4.77. The Morgan fingerprint density at radius 1 is 1.32 bits per heavy atom. The van der Waals surface area contributed by atoms with Crippen LogP contribution in [-0.2, 0) is 16.0 Å². The molecule has 134 valence electrons. The van der Waals surface area contributed by atoms with Gasteiger partial charge in [-0.1, -0.05) is 6.07 Å². The van der Waals surface area contributed by atoms with Crippen LogP contribution in [0.2, 0.25) is 0 Å². The molecule has 1 saturated heterocycles. The molecule has 1 aromatic carbocycles. The Morgan fingerprint density at radius 2 is 2.08 bits per heavy atom. The molecule has 0 spiro atoms. The van der Waals surface area contributed by atoms with Crippen molar-refractivity contribution in [1.82, 2.24) is 0 Å². The molecule has 3 rings (SSSR count). The Hall–Kier alpha value is -1.92. The molecule has 25 heavy (non-hydrogen) atoms. The van der Waals surface area contributed by atoms with Crippen LogP contribution in [-0.4, -0.2) is 31.2 Å². The summed E-state index contributed by atoms with van der Waals surface area (Å²) in [5.41, 5.74) is 1.05. The lowest BCUT2D eigenvalue weighted by Gasteiger charge is -2.37. The van der Waals surface area contributed by atoms with E-state index in [1.54, 1.807) is 23.5 Å². The van der Waals surface area contributed by atoms with Crippen LogP contribution in [0.5, 0.6) is 0 Å². The lowest BCUT2D eigenvalue weighted by molar-refractivity contribution is -0.116. The Bertz CT molecular complexity index is 710. The van der Waals surface area contributed by atoms with Gasteiger partial charge in [0.1, 0.15) is 5.82 Å². The molecule has 1 aliphatic heterocycles. The van der Waals surface area contributed by atoms with Crippen LogP contribution in [0.25, 0.3) is 0 Å². The highest BCUT2D eigenvalue weighted by Gasteiger charge is 2.24. The van der Waals surface area contributed by atoms with Crippen molar-refractivity contribution in [2.75, 3.05) is 23.3 Å². The molecule has 4 nitrogen and oxygen atoms in total. The van der Waals surface area contributed by atoms with Gasteiger partial charge in [-0.25, -0.2) is 4.39 Å². The molecule has 1 aliphatic rings. The molecule has 2 heterocycles. The third-order valence-corrected chi connectivity index (χ3v) is 5.11. The summed E-state index contributed by atoms with van der Waals surface area (Å²) in [6, 6.07) is 8.86. The number of nitrogens with zero attached hydrogens (tertiary/aromatic N) is 1. The smallest absolute Gasteiger partial charge is 0.224 e. The maximum Gasteiger partial charge on any atom is 0.224 e. The van der Waals surface area contributed by atoms with E-state index in [-0.39, 0.29) is 23.9 Å². The zero-order valence-corrected chi connectivity index (χ0v) is 15.3. The van der Waals surface area contributed by atoms with Gasteiger partial charge in [0, 0.05) is 30.1 Å². The molecule has 6 heteroatoms. The van der Waals surface area contributed by atoms with Gasteiger partial charge in [0.15, 0.2) is 0 Å². The van der Waals surface area contributed by atoms with Gasteiger partial charge in [0.25, 0.3) is 0 Å². The molecular formula is C19H23FN2O2S. The molecule has 0 saturated carbocycles. The summed E-state index contributed by atoms with van der Waals surface area (Å²) in [6.07, 6.45) is 1.23. The topological polar surface area (TPSA) is 41.6 Å². The van der Waals surface area contributed by atoms with E-state index in [1.165, 1.54) is 10.9 Å². The maximum absolute atomic E-state index is 14.5. The first kappa shape index (κ1) is 17.9. The van der Waals surface area contributed by atoms with Crippen LogP contribution in [0.15, 0.2) is 35.7 Å². The first-order valence-corrected chi connectivity index (χ1v) is 9.41. The van der Waals surface area contributed by atoms with E-state index in [9.17, 15) is 9.18 Å². The van der Waals surface area contributed by atoms with Gasteiger partial charge in [0.05, 0.1) is 17.9 Å². The van der Waals surface area contributed by atoms with E-state index in [0.29, 0.717) is 37.3 Å². The summed E-state index contributed by atoms with van der Waals surface area (Å²) in [4.78, 5) is 15.2. The van der Waals surface area contributed by atoms with E-state index < -0.39 is 0 Å². The molecule has 2 unspecified atom stereocenters. The Kier molecular flexibility index (Phi) is 5.71. The fourth-order valence-corrected chi connectivity index (χ4v) is 3.84. The van der Waals surface area contributed by atoms with Crippen molar-refractivity contribution in [3.05, 3.63) is 46.4 Å². The number of anilines is 2. The predicted molar refractivity (Wildman–Crippen MR) is 99.9 cm³/mol. The molecule has 0 bridgehead atoms. The average Bonchev–Trinajstić information content (AvgIpc) is 3.05. The highest BCUT2D eigenvalue weighted by Crippen LogP contribution is 2.26. The van der Waals surface area contributed by atoms with Gasteiger partial charge >= 0.3 is 0 Å². The molecule has 2 aromatic rings. The first-order chi connectivity index (χ1) is 12.0. The zero-order chi connectivity index (χ0) is 17.8. The standard InChI is InChI=1S/C19H23FN2O2S/c1-13-11-22(12-14(2)24-13)18-7-5-15(10-17(18)20)21-19(23)8-6-16-4-3-9-25-16/h3-5,7,9-10,13-14H,6,8,11-12H2,1-2H3,(H,21,23). The highest BCUT2D eigenvalue weighted by molar-refractivity contribution is 7.09. The number of halogens is 1. The first-order valence-electron chi connectivity index (χ1n) is 8.53. The van der Waals surface area contributed by atoms with E-state index in [4.69, 9.17) is 4.74 Å². The quantitative estimate of drug-likeness (QED) is 0.872. The minimum atomic E-state index is -0.322. The second-order valence-corrected chi connectivity index (χ2v) is 7.49. The van der Waals surface area contributed by atoms with Gasteiger partial charge in [-0.05, 0) is 49.9 Å². The van der Waals surface area contributed by atoms with E-state index in [1.807, 2.05) is 36.3 Å². The van der Waals surface area contributed by atoms with Crippen molar-refractivity contribution in [2.45, 2.75) is 38.9 Å². The number of aryl methyl sites for hydroxylation is 1. The van der Waals surface area contributed by atoms with Crippen LogP contribution in [0, 0.1) is 5.82 Å². The molecule has 1 N–H and O–H groups in total. The van der Waals surface area contributed by atoms with Crippen LogP contribution in [0.4, 0.5) is 15.8 Å². The number of ether oxygens (including phenoxy) is 1. The average molecular weight is 362 g/mol. The third-order valence-electron chi connectivity index (χ3n) is 4.17. The summed E-state index contributed by atoms with van der Waals surface area (Å²) in [7, 11) is 0. The second-order valence-electron chi connectivity index (χ2n) is 6.46. The lowest BCUT2D eigenvalue weighted by Crippen LogP contribution is -2.45. The summed E-state index contributed by atoms with van der Waals surface area (Å²) < 4.78 is 20.2. The van der Waals surface area contributed by atoms with Crippen molar-refractivity contribution in [3.63, 3.8) is 0 Å². The largest absolute Gasteiger partial charge is 0.372 e. The number of rotatable bonds is 5. The molecular weight excluding hydrogens is 339 g/mol. The van der Waals surface area contributed by atoms with Gasteiger partial charge in [-0.3, -0.25) is 4.79 Å². The second kappa shape index (κ2) is 7.97. The fourth-order valence-electron chi connectivity index (χ4n) is 3.13. The molecule has 0 radical (unpaired) electrons. The number of nitrogens with one attached hydrogen (secondary N) is 1. The number of carbonyl (C=O) groups is 1. The number of benzene rings is 1. The fraction of sp³-hybridized carbons (Fsp3) is 0.421. The lowest BCUT2D eigenvalue weighted by atomic mass is 10.1. The number of morpholine rings is 1. The van der Waals surface area contributed by atoms with E-state index >= 15 is 0 Å². The van der Waals surface area contributed by atoms with Gasteiger partial charge in [-0.15, -0.1) is 11.3 Å². The third kappa shape index (κ3) is 4.80. The Labute approximate surface area is 151 Å². The molecule has 1 fully saturated rings. The molecule has 1 aromatic heterocycles. The number of amides is 1. The van der Waals surface area contributed by atoms with Crippen molar-refractivity contribution in [2.24, 2.45) is 0 Å². The number of thiophene rings is 1. The summed E-state index contributed by atoms with van der Waals surface area (Å²) in [6.45, 7) is 5.30. The van der Waals surface area contributed by atoms with Gasteiger partial charge in [-0.2, -0.15) is 0 Å². The predicted octanol–water partition coefficient (Wildman–Crippen LogP) is 4.07. The zero-order valence-electron chi connectivity index (χ0n) is 14.5. The minimum Gasteiger partial charge on any atom is -0.372 e. The van der Waals surface area contributed by atoms with Crippen molar-refractivity contribution >= 4 is 28.6 Å². The highest BCUT2D eigenvalue weighted by atomic mass is 32.1. The molecule has 1 amide bonds. The summed E-state index contributed by atoms with van der Waals surface area (Å²) >= 11 is 1.64. The van der Waals surface area contributed by atoms with Crippen molar-refractivity contribution < 1.29 is 13.9 Å². The van der Waals surface area contributed by atoms with Gasteiger partial charge in [0.2, 0.25) is 5.91 Å². The number of carbonyl (C=O) groups excluding carboxylic acids is 1. The van der Waals surface area contributed by atoms with Crippen LogP contribution < -0.4 is 10.2 Å². The number of hydrogen-bond acceptors (Lipinski definition) is 4. The monoisotopic (exact) mass is 362 g/mol. The van der Waals surface area contributed by atoms with E-state index in [0.717, 1.165) is 0 Å². The SMILES string of the molecule is CC1CN(c2ccc(NC(=O)CCc3cccs3)cc2F)CC(C)O1. The van der Waals surface area contributed by atoms with Crippen LogP contribution >= 0.6 is 11.3 Å². The van der Waals surface area contributed by atoms with Crippen molar-refractivity contribution in [3.8, 4) is 0 Å². The van der Waals surface area contributed by atoms with Crippen LogP contribution in [0.1, 0.15) is 25.1 Å². The summed E-state index contributed by atoms with van der Waals surface area (Å²) in [5.74, 6) is -0.425. The van der Waals surface area contributed by atoms with Crippen molar-refractivity contribution in [1.29, 1.82) is 0 Å². The van der Waals surface area contributed by atoms with Crippen LogP contribution in [0.3, 0.4) is 0 Å². The Balaban J connectivity index is 1.60. The van der Waals surface area contributed by atoms with Gasteiger partial charge < -0.3 is 15.0 Å². The minimum absolute atomic E-state index is 0.0692. The maximum atomic E-state index is 14.5. The number of hydrogen-bond donors (Lipinski definition) is 1. The Morgan fingerprint density at radius 3 is 2.72 bits per heavy atom. The molecule has 0 aliphatic carbocycles. The van der Waals surface area contributed by atoms with E-state index in [2.05, 4.69) is 5.32 Å². The normalized spacial score (nSPS) is 20.5. The molecule has 2 atom stereocenters.